The molecule has 1 heterocycles. The van der Waals surface area contributed by atoms with Gasteiger partial charge in [-0.2, -0.15) is 0 Å². The van der Waals surface area contributed by atoms with Gasteiger partial charge in [-0.05, 0) is 17.0 Å². The maximum Gasteiger partial charge on any atom is 0.191 e. The van der Waals surface area contributed by atoms with Crippen molar-refractivity contribution in [3.63, 3.8) is 0 Å². The molecule has 1 aromatic heterocycles. The second kappa shape index (κ2) is 11.4. The number of hydrogen-bond acceptors (Lipinski definition) is 3. The molecule has 0 fully saturated rings. The van der Waals surface area contributed by atoms with E-state index in [1.54, 1.807) is 18.4 Å². The van der Waals surface area contributed by atoms with Gasteiger partial charge in [-0.15, -0.1) is 35.3 Å². The maximum atomic E-state index is 5.62. The van der Waals surface area contributed by atoms with Crippen molar-refractivity contribution >= 4 is 41.3 Å². The third kappa shape index (κ3) is 7.24. The summed E-state index contributed by atoms with van der Waals surface area (Å²) in [6, 6.07) is 14.3. The fourth-order valence-electron chi connectivity index (χ4n) is 1.81. The predicted octanol–water partition coefficient (Wildman–Crippen LogP) is 3.25. The Morgan fingerprint density at radius 3 is 2.64 bits per heavy atom. The summed E-state index contributed by atoms with van der Waals surface area (Å²) in [5.74, 6) is 0.798. The van der Waals surface area contributed by atoms with Gasteiger partial charge in [0.2, 0.25) is 0 Å². The lowest BCUT2D eigenvalue weighted by atomic mass is 10.2. The van der Waals surface area contributed by atoms with Crippen LogP contribution in [0.5, 0.6) is 0 Å². The maximum absolute atomic E-state index is 5.62. The molecule has 0 saturated carbocycles. The first-order valence-electron chi connectivity index (χ1n) is 6.97. The standard InChI is InChI=1S/C16H21N3OS.HI/c1-17-16(19-12-15-8-5-11-21-15)18-9-10-20-13-14-6-3-2-4-7-14;/h2-8,11H,9-10,12-13H2,1H3,(H2,17,18,19);1H. The minimum absolute atomic E-state index is 0. The third-order valence-corrected chi connectivity index (χ3v) is 3.76. The Hall–Kier alpha value is -1.12. The lowest BCUT2D eigenvalue weighted by molar-refractivity contribution is 0.125. The number of nitrogens with one attached hydrogen (secondary N) is 2. The fraction of sp³-hybridized carbons (Fsp3) is 0.312. The van der Waals surface area contributed by atoms with E-state index in [1.807, 2.05) is 18.2 Å². The second-order valence-corrected chi connectivity index (χ2v) is 5.50. The van der Waals surface area contributed by atoms with Crippen LogP contribution in [0.1, 0.15) is 10.4 Å². The number of aliphatic imine (C=N–C) groups is 1. The molecule has 0 saturated heterocycles. The molecule has 0 amide bonds. The van der Waals surface area contributed by atoms with E-state index < -0.39 is 0 Å². The van der Waals surface area contributed by atoms with E-state index in [1.165, 1.54) is 10.4 Å². The van der Waals surface area contributed by atoms with E-state index in [2.05, 4.69) is 45.3 Å². The van der Waals surface area contributed by atoms with Crippen molar-refractivity contribution in [3.05, 3.63) is 58.3 Å². The first kappa shape index (κ1) is 18.9. The molecule has 0 atom stereocenters. The van der Waals surface area contributed by atoms with Crippen molar-refractivity contribution in [2.75, 3.05) is 20.2 Å². The molecule has 0 aliphatic carbocycles. The third-order valence-electron chi connectivity index (χ3n) is 2.88. The van der Waals surface area contributed by atoms with Gasteiger partial charge >= 0.3 is 0 Å². The van der Waals surface area contributed by atoms with Gasteiger partial charge in [-0.25, -0.2) is 0 Å². The lowest BCUT2D eigenvalue weighted by Crippen LogP contribution is -2.38. The van der Waals surface area contributed by atoms with Crippen LogP contribution in [0.25, 0.3) is 0 Å². The number of hydrogen-bond donors (Lipinski definition) is 2. The molecular formula is C16H22IN3OS. The van der Waals surface area contributed by atoms with E-state index in [4.69, 9.17) is 4.74 Å². The minimum atomic E-state index is 0. The first-order chi connectivity index (χ1) is 10.4. The number of ether oxygens (including phenoxy) is 1. The molecule has 6 heteroatoms. The Labute approximate surface area is 153 Å². The topological polar surface area (TPSA) is 45.7 Å². The highest BCUT2D eigenvalue weighted by molar-refractivity contribution is 14.0. The lowest BCUT2D eigenvalue weighted by Gasteiger charge is -2.11. The van der Waals surface area contributed by atoms with E-state index in [-0.39, 0.29) is 24.0 Å². The molecule has 0 radical (unpaired) electrons. The predicted molar refractivity (Wildman–Crippen MR) is 104 cm³/mol. The summed E-state index contributed by atoms with van der Waals surface area (Å²) in [5, 5.41) is 8.58. The highest BCUT2D eigenvalue weighted by Gasteiger charge is 1.98. The van der Waals surface area contributed by atoms with E-state index in [9.17, 15) is 0 Å². The molecule has 0 spiro atoms. The van der Waals surface area contributed by atoms with Crippen molar-refractivity contribution in [2.24, 2.45) is 4.99 Å². The smallest absolute Gasteiger partial charge is 0.191 e. The van der Waals surface area contributed by atoms with Crippen LogP contribution < -0.4 is 10.6 Å². The van der Waals surface area contributed by atoms with Gasteiger partial charge in [0, 0.05) is 18.5 Å². The molecule has 2 N–H and O–H groups in total. The van der Waals surface area contributed by atoms with E-state index in [0.717, 1.165) is 19.0 Å². The Bertz CT molecular complexity index is 532. The van der Waals surface area contributed by atoms with Gasteiger partial charge in [0.05, 0.1) is 19.8 Å². The summed E-state index contributed by atoms with van der Waals surface area (Å²) in [5.41, 5.74) is 1.19. The van der Waals surface area contributed by atoms with Crippen LogP contribution in [0, 0.1) is 0 Å². The molecule has 120 valence electrons. The second-order valence-electron chi connectivity index (χ2n) is 4.47. The average Bonchev–Trinajstić information content (AvgIpc) is 3.04. The van der Waals surface area contributed by atoms with Crippen LogP contribution in [-0.2, 0) is 17.9 Å². The van der Waals surface area contributed by atoms with Gasteiger partial charge in [-0.3, -0.25) is 4.99 Å². The quantitative estimate of drug-likeness (QED) is 0.306. The zero-order chi connectivity index (χ0) is 14.8. The molecule has 2 aromatic rings. The monoisotopic (exact) mass is 431 g/mol. The summed E-state index contributed by atoms with van der Waals surface area (Å²) in [6.45, 7) is 2.82. The largest absolute Gasteiger partial charge is 0.375 e. The SMILES string of the molecule is CN=C(NCCOCc1ccccc1)NCc1cccs1.I. The van der Waals surface area contributed by atoms with Crippen LogP contribution in [0.15, 0.2) is 52.8 Å². The number of nitrogens with zero attached hydrogens (tertiary/aromatic N) is 1. The number of guanidine groups is 1. The summed E-state index contributed by atoms with van der Waals surface area (Å²) < 4.78 is 5.62. The Morgan fingerprint density at radius 2 is 1.95 bits per heavy atom. The van der Waals surface area contributed by atoms with E-state index >= 15 is 0 Å². The summed E-state index contributed by atoms with van der Waals surface area (Å²) in [6.07, 6.45) is 0. The molecule has 0 aliphatic rings. The average molecular weight is 431 g/mol. The zero-order valence-electron chi connectivity index (χ0n) is 12.6. The van der Waals surface area contributed by atoms with Gasteiger partial charge in [-0.1, -0.05) is 36.4 Å². The Kier molecular flexibility index (Phi) is 9.85. The molecule has 0 unspecified atom stereocenters. The minimum Gasteiger partial charge on any atom is -0.375 e. The van der Waals surface area contributed by atoms with Crippen LogP contribution in [0.3, 0.4) is 0 Å². The number of rotatable bonds is 7. The van der Waals surface area contributed by atoms with Gasteiger partial charge in [0.1, 0.15) is 0 Å². The summed E-state index contributed by atoms with van der Waals surface area (Å²) in [4.78, 5) is 5.48. The summed E-state index contributed by atoms with van der Waals surface area (Å²) >= 11 is 1.74. The number of benzene rings is 1. The fourth-order valence-corrected chi connectivity index (χ4v) is 2.46. The summed E-state index contributed by atoms with van der Waals surface area (Å²) in [7, 11) is 1.77. The molecule has 0 bridgehead atoms. The first-order valence-corrected chi connectivity index (χ1v) is 7.85. The van der Waals surface area contributed by atoms with Crippen molar-refractivity contribution in [1.29, 1.82) is 0 Å². The molecule has 22 heavy (non-hydrogen) atoms. The van der Waals surface area contributed by atoms with Crippen LogP contribution in [-0.4, -0.2) is 26.2 Å². The van der Waals surface area contributed by atoms with Crippen molar-refractivity contribution in [3.8, 4) is 0 Å². The van der Waals surface area contributed by atoms with Crippen molar-refractivity contribution in [1.82, 2.24) is 10.6 Å². The zero-order valence-corrected chi connectivity index (χ0v) is 15.8. The molecule has 2 rings (SSSR count). The van der Waals surface area contributed by atoms with Gasteiger partial charge in [0.25, 0.3) is 0 Å². The normalized spacial score (nSPS) is 10.9. The highest BCUT2D eigenvalue weighted by Crippen LogP contribution is 2.07. The highest BCUT2D eigenvalue weighted by atomic mass is 127. The van der Waals surface area contributed by atoms with Gasteiger partial charge in [0.15, 0.2) is 5.96 Å². The van der Waals surface area contributed by atoms with Crippen molar-refractivity contribution in [2.45, 2.75) is 13.2 Å². The molecule has 0 aliphatic heterocycles. The van der Waals surface area contributed by atoms with Crippen molar-refractivity contribution < 1.29 is 4.74 Å². The molecule has 1 aromatic carbocycles. The number of halogens is 1. The van der Waals surface area contributed by atoms with Crippen LogP contribution in [0.2, 0.25) is 0 Å². The van der Waals surface area contributed by atoms with Gasteiger partial charge < -0.3 is 15.4 Å². The van der Waals surface area contributed by atoms with E-state index in [0.29, 0.717) is 13.2 Å². The Balaban J connectivity index is 0.00000242. The Morgan fingerprint density at radius 1 is 1.14 bits per heavy atom. The molecule has 4 nitrogen and oxygen atoms in total. The van der Waals surface area contributed by atoms with Crippen LogP contribution in [0.4, 0.5) is 0 Å². The molecular weight excluding hydrogens is 409 g/mol. The van der Waals surface area contributed by atoms with Crippen LogP contribution >= 0.6 is 35.3 Å². The number of thiophene rings is 1.